The molecule has 1 atom stereocenters. The highest BCUT2D eigenvalue weighted by Gasteiger charge is 2.22. The lowest BCUT2D eigenvalue weighted by molar-refractivity contribution is 0.0858. The molecule has 2 aromatic rings. The zero-order valence-corrected chi connectivity index (χ0v) is 17.7. The van der Waals surface area contributed by atoms with Crippen LogP contribution >= 0.6 is 0 Å². The maximum Gasteiger partial charge on any atom is 0.323 e. The topological polar surface area (TPSA) is 82.7 Å². The van der Waals surface area contributed by atoms with E-state index in [-0.39, 0.29) is 18.0 Å². The van der Waals surface area contributed by atoms with Crippen molar-refractivity contribution in [1.29, 1.82) is 0 Å². The van der Waals surface area contributed by atoms with Crippen LogP contribution in [0.15, 0.2) is 48.5 Å². The molecule has 0 radical (unpaired) electrons. The van der Waals surface area contributed by atoms with Crippen molar-refractivity contribution in [2.24, 2.45) is 0 Å². The number of carbonyl (C=O) groups excluding carboxylic acids is 2. The Balaban J connectivity index is 1.49. The minimum Gasteiger partial charge on any atom is -0.376 e. The van der Waals surface area contributed by atoms with Crippen LogP contribution in [0.25, 0.3) is 0 Å². The third kappa shape index (κ3) is 5.76. The molecule has 0 unspecified atom stereocenters. The molecule has 2 aliphatic heterocycles. The van der Waals surface area contributed by atoms with Gasteiger partial charge in [-0.05, 0) is 62.4 Å². The molecule has 3 amide bonds. The van der Waals surface area contributed by atoms with E-state index in [9.17, 15) is 9.59 Å². The van der Waals surface area contributed by atoms with Gasteiger partial charge in [-0.25, -0.2) is 4.79 Å². The highest BCUT2D eigenvalue weighted by atomic mass is 16.5. The van der Waals surface area contributed by atoms with E-state index in [2.05, 4.69) is 20.9 Å². The number of ether oxygens (including phenoxy) is 1. The molecular weight excluding hydrogens is 392 g/mol. The Hall–Kier alpha value is -3.06. The Morgan fingerprint density at radius 3 is 2.45 bits per heavy atom. The van der Waals surface area contributed by atoms with Crippen molar-refractivity contribution < 1.29 is 14.3 Å². The van der Waals surface area contributed by atoms with Crippen LogP contribution in [-0.2, 0) is 4.74 Å². The summed E-state index contributed by atoms with van der Waals surface area (Å²) >= 11 is 0. The summed E-state index contributed by atoms with van der Waals surface area (Å²) in [5.41, 5.74) is 2.78. The van der Waals surface area contributed by atoms with Crippen molar-refractivity contribution in [3.8, 4) is 0 Å². The summed E-state index contributed by atoms with van der Waals surface area (Å²) in [7, 11) is 0. The van der Waals surface area contributed by atoms with Gasteiger partial charge in [0.05, 0.1) is 11.7 Å². The number of piperidine rings is 1. The molecular formula is C24H30N4O3. The Kier molecular flexibility index (Phi) is 7.04. The van der Waals surface area contributed by atoms with Gasteiger partial charge < -0.3 is 25.6 Å². The molecule has 0 aromatic heterocycles. The molecule has 2 fully saturated rings. The SMILES string of the molecule is O=C(Nc1ccccc1)Nc1ccc(N2CCCCC2)c(C(=O)NC[C@H]2CCCO2)c1. The average molecular weight is 423 g/mol. The number of carbonyl (C=O) groups is 2. The molecule has 3 N–H and O–H groups in total. The van der Waals surface area contributed by atoms with Crippen molar-refractivity contribution in [2.45, 2.75) is 38.2 Å². The predicted molar refractivity (Wildman–Crippen MR) is 123 cm³/mol. The van der Waals surface area contributed by atoms with Gasteiger partial charge >= 0.3 is 6.03 Å². The van der Waals surface area contributed by atoms with Crippen molar-refractivity contribution in [2.75, 3.05) is 41.8 Å². The Morgan fingerprint density at radius 2 is 1.71 bits per heavy atom. The van der Waals surface area contributed by atoms with Crippen molar-refractivity contribution in [3.05, 3.63) is 54.1 Å². The molecule has 2 aliphatic rings. The smallest absolute Gasteiger partial charge is 0.323 e. The highest BCUT2D eigenvalue weighted by Crippen LogP contribution is 2.27. The van der Waals surface area contributed by atoms with E-state index < -0.39 is 0 Å². The molecule has 31 heavy (non-hydrogen) atoms. The van der Waals surface area contributed by atoms with E-state index in [0.717, 1.165) is 51.1 Å². The largest absolute Gasteiger partial charge is 0.376 e. The first-order chi connectivity index (χ1) is 15.2. The molecule has 0 spiro atoms. The molecule has 2 heterocycles. The van der Waals surface area contributed by atoms with Gasteiger partial charge in [0.2, 0.25) is 0 Å². The van der Waals surface area contributed by atoms with Gasteiger partial charge in [0, 0.05) is 43.3 Å². The minimum absolute atomic E-state index is 0.0837. The number of rotatable bonds is 6. The number of nitrogens with one attached hydrogen (secondary N) is 3. The molecule has 7 heteroatoms. The quantitative estimate of drug-likeness (QED) is 0.651. The van der Waals surface area contributed by atoms with Crippen molar-refractivity contribution in [3.63, 3.8) is 0 Å². The van der Waals surface area contributed by atoms with Crippen LogP contribution in [0.4, 0.5) is 21.9 Å². The number of anilines is 3. The van der Waals surface area contributed by atoms with E-state index >= 15 is 0 Å². The fraction of sp³-hybridized carbons (Fsp3) is 0.417. The van der Waals surface area contributed by atoms with Gasteiger partial charge in [-0.1, -0.05) is 18.2 Å². The summed E-state index contributed by atoms with van der Waals surface area (Å²) in [5.74, 6) is -0.136. The van der Waals surface area contributed by atoms with E-state index in [1.807, 2.05) is 42.5 Å². The van der Waals surface area contributed by atoms with Gasteiger partial charge in [0.25, 0.3) is 5.91 Å². The number of para-hydroxylation sites is 1. The lowest BCUT2D eigenvalue weighted by atomic mass is 10.1. The molecule has 2 aromatic carbocycles. The van der Waals surface area contributed by atoms with Crippen LogP contribution in [0.1, 0.15) is 42.5 Å². The third-order valence-corrected chi connectivity index (χ3v) is 5.74. The lowest BCUT2D eigenvalue weighted by Gasteiger charge is -2.30. The average Bonchev–Trinajstić information content (AvgIpc) is 3.32. The van der Waals surface area contributed by atoms with Crippen molar-refractivity contribution in [1.82, 2.24) is 5.32 Å². The van der Waals surface area contributed by atoms with Crippen LogP contribution in [0.3, 0.4) is 0 Å². The Bertz CT molecular complexity index is 891. The fourth-order valence-electron chi connectivity index (χ4n) is 4.13. The summed E-state index contributed by atoms with van der Waals surface area (Å²) in [6, 6.07) is 14.5. The van der Waals surface area contributed by atoms with Crippen LogP contribution in [-0.4, -0.2) is 44.3 Å². The normalized spacial score (nSPS) is 18.5. The number of hydrogen-bond donors (Lipinski definition) is 3. The fourth-order valence-corrected chi connectivity index (χ4v) is 4.13. The Labute approximate surface area is 183 Å². The number of nitrogens with zero attached hydrogens (tertiary/aromatic N) is 1. The van der Waals surface area contributed by atoms with Gasteiger partial charge in [-0.3, -0.25) is 4.79 Å². The van der Waals surface area contributed by atoms with E-state index in [1.165, 1.54) is 6.42 Å². The molecule has 0 aliphatic carbocycles. The van der Waals surface area contributed by atoms with Crippen LogP contribution in [0.5, 0.6) is 0 Å². The first-order valence-corrected chi connectivity index (χ1v) is 11.1. The summed E-state index contributed by atoms with van der Waals surface area (Å²) in [4.78, 5) is 27.7. The van der Waals surface area contributed by atoms with E-state index in [1.54, 1.807) is 6.07 Å². The number of benzene rings is 2. The first kappa shape index (κ1) is 21.2. The van der Waals surface area contributed by atoms with Gasteiger partial charge in [0.1, 0.15) is 0 Å². The van der Waals surface area contributed by atoms with Crippen LogP contribution in [0.2, 0.25) is 0 Å². The monoisotopic (exact) mass is 422 g/mol. The van der Waals surface area contributed by atoms with Crippen LogP contribution < -0.4 is 20.9 Å². The second-order valence-electron chi connectivity index (χ2n) is 8.07. The second-order valence-corrected chi connectivity index (χ2v) is 8.07. The maximum atomic E-state index is 13.1. The summed E-state index contributed by atoms with van der Waals surface area (Å²) in [5, 5.41) is 8.66. The number of hydrogen-bond acceptors (Lipinski definition) is 4. The minimum atomic E-state index is -0.345. The molecule has 7 nitrogen and oxygen atoms in total. The van der Waals surface area contributed by atoms with Gasteiger partial charge in [0.15, 0.2) is 0 Å². The third-order valence-electron chi connectivity index (χ3n) is 5.74. The Morgan fingerprint density at radius 1 is 0.935 bits per heavy atom. The summed E-state index contributed by atoms with van der Waals surface area (Å²) in [6.07, 6.45) is 5.56. The maximum absolute atomic E-state index is 13.1. The molecule has 164 valence electrons. The van der Waals surface area contributed by atoms with Gasteiger partial charge in [-0.2, -0.15) is 0 Å². The highest BCUT2D eigenvalue weighted by molar-refractivity contribution is 6.04. The summed E-state index contributed by atoms with van der Waals surface area (Å²) < 4.78 is 5.63. The molecule has 0 saturated carbocycles. The summed E-state index contributed by atoms with van der Waals surface area (Å²) in [6.45, 7) is 3.14. The standard InChI is InChI=1S/C24H30N4O3/c29-23(25-17-20-10-7-15-31-20)21-16-19(11-12-22(21)28-13-5-2-6-14-28)27-24(30)26-18-8-3-1-4-9-18/h1,3-4,8-9,11-12,16,20H,2,5-7,10,13-15,17H2,(H,25,29)(H2,26,27,30)/t20-/m1/s1. The predicted octanol–water partition coefficient (Wildman–Crippen LogP) is 4.23. The zero-order valence-electron chi connectivity index (χ0n) is 17.7. The van der Waals surface area contributed by atoms with Crippen molar-refractivity contribution >= 4 is 29.0 Å². The second kappa shape index (κ2) is 10.3. The molecule has 4 rings (SSSR count). The zero-order chi connectivity index (χ0) is 21.5. The number of urea groups is 1. The molecule has 2 saturated heterocycles. The van der Waals surface area contributed by atoms with Crippen LogP contribution in [0, 0.1) is 0 Å². The first-order valence-electron chi connectivity index (χ1n) is 11.1. The number of amides is 3. The van der Waals surface area contributed by atoms with E-state index in [0.29, 0.717) is 23.5 Å². The lowest BCUT2D eigenvalue weighted by Crippen LogP contribution is -2.35. The van der Waals surface area contributed by atoms with E-state index in [4.69, 9.17) is 4.74 Å². The van der Waals surface area contributed by atoms with Gasteiger partial charge in [-0.15, -0.1) is 0 Å². The molecule has 0 bridgehead atoms.